The Morgan fingerprint density at radius 1 is 1.12 bits per heavy atom. The molecule has 3 heterocycles. The molecule has 0 spiro atoms. The number of hydroxylamine groups is 1. The van der Waals surface area contributed by atoms with Gasteiger partial charge in [0.05, 0.1) is 37.3 Å². The highest BCUT2D eigenvalue weighted by atomic mass is 32.2. The largest absolute Gasteiger partial charge is 0.497 e. The number of methoxy groups -OCH3 is 1. The number of ether oxygens (including phenoxy) is 1. The molecule has 4 aromatic rings. The number of hydrogen-bond acceptors (Lipinski definition) is 7. The van der Waals surface area contributed by atoms with Gasteiger partial charge < -0.3 is 14.4 Å². The van der Waals surface area contributed by atoms with E-state index in [0.717, 1.165) is 89.8 Å². The highest BCUT2D eigenvalue weighted by Crippen LogP contribution is 2.47. The maximum atomic E-state index is 13.4. The molecule has 2 aromatic carbocycles. The zero-order chi connectivity index (χ0) is 36.1. The van der Waals surface area contributed by atoms with Crippen LogP contribution in [0.2, 0.25) is 0 Å². The van der Waals surface area contributed by atoms with Gasteiger partial charge in [0.2, 0.25) is 0 Å². The SMILES string of the molecule is CC.CCCC(CC)c1c2n(c3cc(C(=O)NOSN(C)C(C)C)ccc13)CC(c1c(C(=O)O)cnn1C1CCC1)=Cc1cc(OC)ccc1-2.S. The van der Waals surface area contributed by atoms with Gasteiger partial charge in [0, 0.05) is 28.1 Å². The Hall–Kier alpha value is -3.71. The highest BCUT2D eigenvalue weighted by molar-refractivity contribution is 7.92. The number of fused-ring (bicyclic) bond motifs is 5. The minimum absolute atomic E-state index is 0. The molecule has 1 aliphatic carbocycles. The van der Waals surface area contributed by atoms with Crippen molar-refractivity contribution in [2.24, 2.45) is 0 Å². The number of nitrogens with one attached hydrogen (secondary N) is 1. The maximum Gasteiger partial charge on any atom is 0.339 e. The van der Waals surface area contributed by atoms with E-state index in [4.69, 9.17) is 9.02 Å². The lowest BCUT2D eigenvalue weighted by atomic mass is 9.87. The van der Waals surface area contributed by atoms with E-state index in [2.05, 4.69) is 47.2 Å². The van der Waals surface area contributed by atoms with Crippen molar-refractivity contribution in [1.82, 2.24) is 24.1 Å². The van der Waals surface area contributed by atoms with Crippen molar-refractivity contribution in [2.75, 3.05) is 14.2 Å². The zero-order valence-electron chi connectivity index (χ0n) is 31.1. The van der Waals surface area contributed by atoms with Crippen LogP contribution >= 0.6 is 25.7 Å². The second-order valence-electron chi connectivity index (χ2n) is 13.1. The fourth-order valence-electron chi connectivity index (χ4n) is 6.84. The molecule has 2 aliphatic rings. The van der Waals surface area contributed by atoms with E-state index >= 15 is 0 Å². The summed E-state index contributed by atoms with van der Waals surface area (Å²) >= 11 is 1.08. The molecule has 12 heteroatoms. The van der Waals surface area contributed by atoms with Gasteiger partial charge in [-0.2, -0.15) is 22.9 Å². The molecule has 6 rings (SSSR count). The number of carboxylic acid groups (broad SMARTS) is 1. The first-order chi connectivity index (χ1) is 24.2. The van der Waals surface area contributed by atoms with Gasteiger partial charge in [0.25, 0.3) is 5.91 Å². The molecule has 1 unspecified atom stereocenters. The molecule has 276 valence electrons. The molecule has 1 saturated carbocycles. The fourth-order valence-corrected chi connectivity index (χ4v) is 7.25. The summed E-state index contributed by atoms with van der Waals surface area (Å²) in [5.41, 5.74) is 9.97. The zero-order valence-corrected chi connectivity index (χ0v) is 32.9. The van der Waals surface area contributed by atoms with Crippen molar-refractivity contribution in [1.29, 1.82) is 0 Å². The lowest BCUT2D eigenvalue weighted by Gasteiger charge is -2.28. The number of hydrogen-bond donors (Lipinski definition) is 2. The number of aromatic carboxylic acids is 1. The number of nitrogens with zero attached hydrogens (tertiary/aromatic N) is 4. The summed E-state index contributed by atoms with van der Waals surface area (Å²) in [6.07, 6.45) is 9.63. The van der Waals surface area contributed by atoms with Crippen LogP contribution in [0.4, 0.5) is 0 Å². The van der Waals surface area contributed by atoms with Crippen LogP contribution in [-0.2, 0) is 10.8 Å². The average molecular weight is 736 g/mol. The number of carboxylic acids is 1. The molecule has 1 atom stereocenters. The summed E-state index contributed by atoms with van der Waals surface area (Å²) in [6, 6.07) is 12.4. The first-order valence-corrected chi connectivity index (χ1v) is 18.6. The first kappa shape index (κ1) is 40.1. The quantitative estimate of drug-likeness (QED) is 0.0794. The smallest absolute Gasteiger partial charge is 0.339 e. The minimum Gasteiger partial charge on any atom is -0.497 e. The van der Waals surface area contributed by atoms with Crippen molar-refractivity contribution < 1.29 is 23.7 Å². The summed E-state index contributed by atoms with van der Waals surface area (Å²) in [5, 5.41) is 16.0. The molecule has 2 aromatic heterocycles. The van der Waals surface area contributed by atoms with E-state index in [9.17, 15) is 14.7 Å². The van der Waals surface area contributed by atoms with Crippen molar-refractivity contribution >= 4 is 60.2 Å². The predicted molar refractivity (Wildman–Crippen MR) is 213 cm³/mol. The van der Waals surface area contributed by atoms with E-state index in [-0.39, 0.29) is 43.0 Å². The molecule has 1 aliphatic heterocycles. The monoisotopic (exact) mass is 735 g/mol. The molecular formula is C39H53N5O5S2. The summed E-state index contributed by atoms with van der Waals surface area (Å²) in [6.45, 7) is 12.9. The number of carbonyl (C=O) groups excluding carboxylic acids is 1. The molecule has 2 N–H and O–H groups in total. The Morgan fingerprint density at radius 3 is 2.47 bits per heavy atom. The highest BCUT2D eigenvalue weighted by Gasteiger charge is 2.32. The van der Waals surface area contributed by atoms with E-state index in [1.54, 1.807) is 7.11 Å². The van der Waals surface area contributed by atoms with Gasteiger partial charge in [0.1, 0.15) is 23.5 Å². The third-order valence-corrected chi connectivity index (χ3v) is 10.7. The normalized spacial score (nSPS) is 14.4. The van der Waals surface area contributed by atoms with E-state index < -0.39 is 5.97 Å². The van der Waals surface area contributed by atoms with Crippen LogP contribution in [0.1, 0.15) is 130 Å². The van der Waals surface area contributed by atoms with E-state index in [0.29, 0.717) is 17.8 Å². The van der Waals surface area contributed by atoms with Gasteiger partial charge >= 0.3 is 5.97 Å². The molecule has 10 nitrogen and oxygen atoms in total. The van der Waals surface area contributed by atoms with E-state index in [1.165, 1.54) is 11.8 Å². The Balaban J connectivity index is 0.00000191. The number of aromatic nitrogens is 3. The van der Waals surface area contributed by atoms with Crippen molar-refractivity contribution in [3.05, 3.63) is 70.5 Å². The lowest BCUT2D eigenvalue weighted by molar-refractivity contribution is 0.0695. The Morgan fingerprint density at radius 2 is 1.86 bits per heavy atom. The number of rotatable bonds is 13. The molecule has 1 fully saturated rings. The summed E-state index contributed by atoms with van der Waals surface area (Å²) in [5.74, 6) is -0.336. The van der Waals surface area contributed by atoms with Gasteiger partial charge in [0.15, 0.2) is 0 Å². The topological polar surface area (TPSA) is 111 Å². The Labute approximate surface area is 313 Å². The summed E-state index contributed by atoms with van der Waals surface area (Å²) in [7, 11) is 3.56. The van der Waals surface area contributed by atoms with Crippen LogP contribution in [0, 0.1) is 0 Å². The van der Waals surface area contributed by atoms with Crippen LogP contribution in [0.3, 0.4) is 0 Å². The third-order valence-electron chi connectivity index (χ3n) is 9.84. The second kappa shape index (κ2) is 17.7. The maximum absolute atomic E-state index is 13.4. The van der Waals surface area contributed by atoms with Crippen molar-refractivity contribution in [3.63, 3.8) is 0 Å². The van der Waals surface area contributed by atoms with Crippen LogP contribution < -0.4 is 10.2 Å². The van der Waals surface area contributed by atoms with Crippen LogP contribution in [0.25, 0.3) is 33.8 Å². The second-order valence-corrected chi connectivity index (χ2v) is 14.0. The third kappa shape index (κ3) is 8.04. The number of amides is 1. The van der Waals surface area contributed by atoms with Crippen molar-refractivity contribution in [3.8, 4) is 17.0 Å². The average Bonchev–Trinajstić information content (AvgIpc) is 3.61. The van der Waals surface area contributed by atoms with E-state index in [1.807, 2.05) is 68.0 Å². The standard InChI is InChI=1S/C37H45N5O5S.C2H6.H2S/c1-7-10-23(8-2)33-30-15-13-24(36(43)39-47-48-40(5)22(3)4)19-32(30)41-21-26(17-25-18-28(46-6)14-16-29(25)35(33)41)34-31(37(44)45)20-38-42(34)27-11-9-12-27;1-2;/h13-20,22-23,27H,7-12,21H2,1-6H3,(H,39,43)(H,44,45);1-2H3;1H2. The molecular weight excluding hydrogens is 683 g/mol. The number of allylic oxidation sites excluding steroid dienone is 1. The van der Waals surface area contributed by atoms with Crippen molar-refractivity contribution in [2.45, 2.75) is 105 Å². The summed E-state index contributed by atoms with van der Waals surface area (Å²) < 4.78 is 17.3. The predicted octanol–water partition coefficient (Wildman–Crippen LogP) is 9.49. The van der Waals surface area contributed by atoms with Gasteiger partial charge in [-0.15, -0.1) is 0 Å². The van der Waals surface area contributed by atoms with Gasteiger partial charge in [-0.05, 0) is 112 Å². The van der Waals surface area contributed by atoms with Crippen LogP contribution in [-0.4, -0.2) is 55.8 Å². The van der Waals surface area contributed by atoms with Crippen LogP contribution in [0.5, 0.6) is 5.75 Å². The number of carbonyl (C=O) groups is 2. The molecule has 1 amide bonds. The van der Waals surface area contributed by atoms with Gasteiger partial charge in [-0.3, -0.25) is 9.48 Å². The number of benzene rings is 2. The Kier molecular flexibility index (Phi) is 13.9. The Bertz CT molecular complexity index is 1880. The lowest BCUT2D eigenvalue weighted by Crippen LogP contribution is -2.25. The van der Waals surface area contributed by atoms with Gasteiger partial charge in [-0.1, -0.05) is 40.2 Å². The minimum atomic E-state index is -1.00. The molecule has 0 bridgehead atoms. The molecule has 0 saturated heterocycles. The van der Waals surface area contributed by atoms with Crippen LogP contribution in [0.15, 0.2) is 42.6 Å². The fraction of sp³-hybridized carbons (Fsp3) is 0.462. The molecule has 51 heavy (non-hydrogen) atoms. The summed E-state index contributed by atoms with van der Waals surface area (Å²) in [4.78, 5) is 26.0. The first-order valence-electron chi connectivity index (χ1n) is 17.9. The van der Waals surface area contributed by atoms with Gasteiger partial charge in [-0.25, -0.2) is 14.6 Å². The molecule has 0 radical (unpaired) electrons.